The predicted molar refractivity (Wildman–Crippen MR) is 102 cm³/mol. The highest BCUT2D eigenvalue weighted by Crippen LogP contribution is 2.37. The van der Waals surface area contributed by atoms with Crippen molar-refractivity contribution in [1.82, 2.24) is 0 Å². The summed E-state index contributed by atoms with van der Waals surface area (Å²) in [5, 5.41) is 8.86. The second kappa shape index (κ2) is 8.77. The van der Waals surface area contributed by atoms with Crippen LogP contribution in [0.2, 0.25) is 0 Å². The standard InChI is InChI=1S/C23H28F2O/c1-2-16-5-7-17(8-6-16)18-9-11-19(12-10-18)20-14-22(24)21(4-3-13-26)23(25)15-20/h9-12,14-17,26H,2-8,13H2,1H3. The molecule has 2 aromatic rings. The molecule has 0 aromatic heterocycles. The van der Waals surface area contributed by atoms with Crippen molar-refractivity contribution in [3.05, 3.63) is 59.2 Å². The number of rotatable bonds is 6. The van der Waals surface area contributed by atoms with Gasteiger partial charge in [0.1, 0.15) is 11.6 Å². The molecule has 0 unspecified atom stereocenters. The molecule has 1 fully saturated rings. The van der Waals surface area contributed by atoms with E-state index in [0.29, 0.717) is 17.9 Å². The quantitative estimate of drug-likeness (QED) is 0.648. The van der Waals surface area contributed by atoms with E-state index in [2.05, 4.69) is 19.1 Å². The third kappa shape index (κ3) is 4.32. The highest BCUT2D eigenvalue weighted by Gasteiger charge is 2.21. The van der Waals surface area contributed by atoms with Gasteiger partial charge in [0.15, 0.2) is 0 Å². The average Bonchev–Trinajstić information content (AvgIpc) is 2.67. The molecule has 0 radical (unpaired) electrons. The molecule has 1 saturated carbocycles. The number of hydrogen-bond donors (Lipinski definition) is 1. The van der Waals surface area contributed by atoms with Crippen molar-refractivity contribution >= 4 is 0 Å². The summed E-state index contributed by atoms with van der Waals surface area (Å²) in [5.41, 5.74) is 2.80. The van der Waals surface area contributed by atoms with E-state index >= 15 is 0 Å². The molecule has 3 rings (SSSR count). The second-order valence-corrected chi connectivity index (χ2v) is 7.49. The summed E-state index contributed by atoms with van der Waals surface area (Å²) in [5.74, 6) is 0.424. The van der Waals surface area contributed by atoms with Crippen molar-refractivity contribution in [2.75, 3.05) is 6.61 Å². The number of aliphatic hydroxyl groups excluding tert-OH is 1. The summed E-state index contributed by atoms with van der Waals surface area (Å²) >= 11 is 0. The highest BCUT2D eigenvalue weighted by atomic mass is 19.1. The first-order chi connectivity index (χ1) is 12.6. The number of aliphatic hydroxyl groups is 1. The molecule has 0 amide bonds. The van der Waals surface area contributed by atoms with Gasteiger partial charge in [-0.1, -0.05) is 37.6 Å². The van der Waals surface area contributed by atoms with Crippen LogP contribution in [0.25, 0.3) is 11.1 Å². The molecule has 1 aliphatic rings. The Morgan fingerprint density at radius 1 is 0.923 bits per heavy atom. The van der Waals surface area contributed by atoms with Gasteiger partial charge in [0.05, 0.1) is 0 Å². The van der Waals surface area contributed by atoms with E-state index in [1.165, 1.54) is 49.8 Å². The number of hydrogen-bond acceptors (Lipinski definition) is 1. The van der Waals surface area contributed by atoms with Gasteiger partial charge in [-0.3, -0.25) is 0 Å². The van der Waals surface area contributed by atoms with Crippen molar-refractivity contribution in [2.45, 2.75) is 57.8 Å². The topological polar surface area (TPSA) is 20.2 Å². The molecule has 0 spiro atoms. The first kappa shape index (κ1) is 19.0. The molecule has 0 heterocycles. The van der Waals surface area contributed by atoms with Gasteiger partial charge < -0.3 is 5.11 Å². The van der Waals surface area contributed by atoms with Gasteiger partial charge in [0.25, 0.3) is 0 Å². The Hall–Kier alpha value is -1.74. The Morgan fingerprint density at radius 3 is 2.08 bits per heavy atom. The van der Waals surface area contributed by atoms with Gasteiger partial charge >= 0.3 is 0 Å². The van der Waals surface area contributed by atoms with Crippen molar-refractivity contribution in [2.24, 2.45) is 5.92 Å². The van der Waals surface area contributed by atoms with Crippen molar-refractivity contribution in [3.63, 3.8) is 0 Å². The van der Waals surface area contributed by atoms with Gasteiger partial charge in [0.2, 0.25) is 0 Å². The lowest BCUT2D eigenvalue weighted by Gasteiger charge is -2.28. The van der Waals surface area contributed by atoms with Crippen molar-refractivity contribution in [1.29, 1.82) is 0 Å². The van der Waals surface area contributed by atoms with Crippen molar-refractivity contribution in [3.8, 4) is 11.1 Å². The Labute approximate surface area is 155 Å². The lowest BCUT2D eigenvalue weighted by Crippen LogP contribution is -2.12. The van der Waals surface area contributed by atoms with Crippen LogP contribution in [0.5, 0.6) is 0 Å². The summed E-state index contributed by atoms with van der Waals surface area (Å²) < 4.78 is 28.5. The van der Waals surface area contributed by atoms with Crippen LogP contribution >= 0.6 is 0 Å². The average molecular weight is 358 g/mol. The van der Waals surface area contributed by atoms with Crippen LogP contribution in [0, 0.1) is 17.6 Å². The van der Waals surface area contributed by atoms with E-state index in [4.69, 9.17) is 5.11 Å². The summed E-state index contributed by atoms with van der Waals surface area (Å²) in [6, 6.07) is 11.0. The van der Waals surface area contributed by atoms with E-state index < -0.39 is 11.6 Å². The molecule has 2 aromatic carbocycles. The third-order valence-corrected chi connectivity index (χ3v) is 5.87. The minimum Gasteiger partial charge on any atom is -0.396 e. The summed E-state index contributed by atoms with van der Waals surface area (Å²) in [4.78, 5) is 0. The van der Waals surface area contributed by atoms with Crippen molar-refractivity contribution < 1.29 is 13.9 Å². The maximum atomic E-state index is 14.2. The molecular weight excluding hydrogens is 330 g/mol. The molecule has 0 saturated heterocycles. The molecular formula is C23H28F2O. The number of benzene rings is 2. The summed E-state index contributed by atoms with van der Waals surface area (Å²) in [7, 11) is 0. The van der Waals surface area contributed by atoms with Crippen LogP contribution in [0.3, 0.4) is 0 Å². The SMILES string of the molecule is CCC1CCC(c2ccc(-c3cc(F)c(CCCO)c(F)c3)cc2)CC1. The van der Waals surface area contributed by atoms with Gasteiger partial charge in [-0.15, -0.1) is 0 Å². The minimum absolute atomic E-state index is 0.0621. The Kier molecular flexibility index (Phi) is 6.42. The fraction of sp³-hybridized carbons (Fsp3) is 0.478. The van der Waals surface area contributed by atoms with E-state index in [9.17, 15) is 8.78 Å². The van der Waals surface area contributed by atoms with Crippen LogP contribution in [0.15, 0.2) is 36.4 Å². The van der Waals surface area contributed by atoms with Gasteiger partial charge in [-0.05, 0) is 79.2 Å². The highest BCUT2D eigenvalue weighted by molar-refractivity contribution is 5.64. The molecule has 1 N–H and O–H groups in total. The number of halogens is 2. The second-order valence-electron chi connectivity index (χ2n) is 7.49. The Bertz CT molecular complexity index is 692. The predicted octanol–water partition coefficient (Wildman–Crippen LogP) is 6.24. The maximum absolute atomic E-state index is 14.2. The first-order valence-electron chi connectivity index (χ1n) is 9.81. The molecule has 1 nitrogen and oxygen atoms in total. The molecule has 0 atom stereocenters. The van der Waals surface area contributed by atoms with Gasteiger partial charge in [-0.2, -0.15) is 0 Å². The molecule has 140 valence electrons. The zero-order valence-corrected chi connectivity index (χ0v) is 15.5. The van der Waals surface area contributed by atoms with Crippen LogP contribution in [0.1, 0.15) is 62.5 Å². The summed E-state index contributed by atoms with van der Waals surface area (Å²) in [6.07, 6.45) is 6.93. The molecule has 1 aliphatic carbocycles. The lowest BCUT2D eigenvalue weighted by molar-refractivity contribution is 0.287. The molecule has 0 aliphatic heterocycles. The molecule has 26 heavy (non-hydrogen) atoms. The van der Waals surface area contributed by atoms with Crippen LogP contribution in [0.4, 0.5) is 8.78 Å². The zero-order valence-electron chi connectivity index (χ0n) is 15.5. The largest absolute Gasteiger partial charge is 0.396 e. The van der Waals surface area contributed by atoms with E-state index in [0.717, 1.165) is 11.5 Å². The minimum atomic E-state index is -0.532. The summed E-state index contributed by atoms with van der Waals surface area (Å²) in [6.45, 7) is 2.20. The maximum Gasteiger partial charge on any atom is 0.129 e. The lowest BCUT2D eigenvalue weighted by atomic mass is 9.77. The smallest absolute Gasteiger partial charge is 0.129 e. The fourth-order valence-electron chi connectivity index (χ4n) is 4.12. The Morgan fingerprint density at radius 2 is 1.54 bits per heavy atom. The normalized spacial score (nSPS) is 20.3. The fourth-order valence-corrected chi connectivity index (χ4v) is 4.12. The van der Waals surface area contributed by atoms with E-state index in [1.807, 2.05) is 12.1 Å². The van der Waals surface area contributed by atoms with Gasteiger partial charge in [-0.25, -0.2) is 8.78 Å². The van der Waals surface area contributed by atoms with E-state index in [-0.39, 0.29) is 18.6 Å². The monoisotopic (exact) mass is 358 g/mol. The van der Waals surface area contributed by atoms with Crippen LogP contribution < -0.4 is 0 Å². The van der Waals surface area contributed by atoms with Crippen LogP contribution in [-0.2, 0) is 6.42 Å². The first-order valence-corrected chi connectivity index (χ1v) is 9.81. The zero-order chi connectivity index (χ0) is 18.5. The van der Waals surface area contributed by atoms with Gasteiger partial charge in [0, 0.05) is 12.2 Å². The van der Waals surface area contributed by atoms with E-state index in [1.54, 1.807) is 0 Å². The van der Waals surface area contributed by atoms with Crippen LogP contribution in [-0.4, -0.2) is 11.7 Å². The third-order valence-electron chi connectivity index (χ3n) is 5.87. The molecule has 0 bridgehead atoms. The molecule has 3 heteroatoms. The Balaban J connectivity index is 1.74.